The molecule has 0 aliphatic carbocycles. The molecule has 2 unspecified atom stereocenters. The van der Waals surface area contributed by atoms with Crippen molar-refractivity contribution in [1.29, 1.82) is 0 Å². The van der Waals surface area contributed by atoms with Gasteiger partial charge in [0.05, 0.1) is 0 Å². The minimum atomic E-state index is 0.210. The van der Waals surface area contributed by atoms with Gasteiger partial charge in [0.1, 0.15) is 12.3 Å². The lowest BCUT2D eigenvalue weighted by Gasteiger charge is -2.05. The molecule has 0 amide bonds. The van der Waals surface area contributed by atoms with Gasteiger partial charge >= 0.3 is 0 Å². The molecule has 2 nitrogen and oxygen atoms in total. The van der Waals surface area contributed by atoms with Gasteiger partial charge in [0.15, 0.2) is 0 Å². The first kappa shape index (κ1) is 7.28. The van der Waals surface area contributed by atoms with E-state index >= 15 is 0 Å². The summed E-state index contributed by atoms with van der Waals surface area (Å²) in [5.74, 6) is 0. The zero-order valence-corrected chi connectivity index (χ0v) is 7.23. The first-order valence-electron chi connectivity index (χ1n) is 3.78. The molecule has 0 bridgehead atoms. The van der Waals surface area contributed by atoms with Gasteiger partial charge in [-0.25, -0.2) is 0 Å². The normalized spacial score (nSPS) is 31.0. The number of rotatable bonds is 1. The number of ether oxygens (including phenoxy) is 1. The first-order chi connectivity index (χ1) is 5.36. The standard InChI is InChI=1S/C8H11NOS/c1-6-9-5-7(10-6)8-3-2-4-11-8/h2-4,6-7,9H,5H2,1H3. The second-order valence-electron chi connectivity index (χ2n) is 2.69. The summed E-state index contributed by atoms with van der Waals surface area (Å²) in [7, 11) is 0. The molecule has 2 atom stereocenters. The molecule has 2 heterocycles. The maximum Gasteiger partial charge on any atom is 0.106 e. The zero-order valence-electron chi connectivity index (χ0n) is 6.41. The van der Waals surface area contributed by atoms with Crippen LogP contribution in [0.25, 0.3) is 0 Å². The first-order valence-corrected chi connectivity index (χ1v) is 4.66. The van der Waals surface area contributed by atoms with Crippen LogP contribution in [0.1, 0.15) is 17.9 Å². The summed E-state index contributed by atoms with van der Waals surface area (Å²) >= 11 is 1.76. The van der Waals surface area contributed by atoms with Crippen molar-refractivity contribution in [3.63, 3.8) is 0 Å². The van der Waals surface area contributed by atoms with Gasteiger partial charge in [0, 0.05) is 11.4 Å². The van der Waals surface area contributed by atoms with Gasteiger partial charge < -0.3 is 4.74 Å². The maximum absolute atomic E-state index is 5.60. The van der Waals surface area contributed by atoms with Gasteiger partial charge in [0.25, 0.3) is 0 Å². The largest absolute Gasteiger partial charge is 0.354 e. The number of hydrogen-bond donors (Lipinski definition) is 1. The second kappa shape index (κ2) is 2.93. The van der Waals surface area contributed by atoms with E-state index in [4.69, 9.17) is 4.74 Å². The van der Waals surface area contributed by atoms with Crippen molar-refractivity contribution < 1.29 is 4.74 Å². The second-order valence-corrected chi connectivity index (χ2v) is 3.67. The van der Waals surface area contributed by atoms with Crippen molar-refractivity contribution in [3.05, 3.63) is 22.4 Å². The Hall–Kier alpha value is -0.380. The van der Waals surface area contributed by atoms with E-state index in [1.165, 1.54) is 4.88 Å². The molecule has 0 aromatic carbocycles. The van der Waals surface area contributed by atoms with Crippen molar-refractivity contribution in [1.82, 2.24) is 5.32 Å². The van der Waals surface area contributed by atoms with E-state index in [2.05, 4.69) is 22.8 Å². The molecule has 11 heavy (non-hydrogen) atoms. The van der Waals surface area contributed by atoms with E-state index in [0.29, 0.717) is 0 Å². The van der Waals surface area contributed by atoms with Gasteiger partial charge in [-0.05, 0) is 18.4 Å². The van der Waals surface area contributed by atoms with Crippen LogP contribution >= 0.6 is 11.3 Å². The van der Waals surface area contributed by atoms with Crippen molar-refractivity contribution in [2.75, 3.05) is 6.54 Å². The Morgan fingerprint density at radius 1 is 1.73 bits per heavy atom. The zero-order chi connectivity index (χ0) is 7.68. The van der Waals surface area contributed by atoms with Crippen LogP contribution in [0, 0.1) is 0 Å². The molecule has 1 N–H and O–H groups in total. The molecule has 1 fully saturated rings. The molecule has 60 valence electrons. The monoisotopic (exact) mass is 169 g/mol. The van der Waals surface area contributed by atoms with Crippen LogP contribution in [0.15, 0.2) is 17.5 Å². The van der Waals surface area contributed by atoms with Crippen LogP contribution in [0.2, 0.25) is 0 Å². The molecule has 3 heteroatoms. The fourth-order valence-corrected chi connectivity index (χ4v) is 2.02. The van der Waals surface area contributed by atoms with Crippen LogP contribution in [-0.4, -0.2) is 12.8 Å². The third-order valence-corrected chi connectivity index (χ3v) is 2.78. The fourth-order valence-electron chi connectivity index (χ4n) is 1.26. The van der Waals surface area contributed by atoms with Gasteiger partial charge in [0.2, 0.25) is 0 Å². The summed E-state index contributed by atoms with van der Waals surface area (Å²) < 4.78 is 5.60. The predicted molar refractivity (Wildman–Crippen MR) is 45.6 cm³/mol. The van der Waals surface area contributed by atoms with Crippen LogP contribution in [0.4, 0.5) is 0 Å². The van der Waals surface area contributed by atoms with Crippen LogP contribution < -0.4 is 5.32 Å². The lowest BCUT2D eigenvalue weighted by molar-refractivity contribution is 0.0549. The summed E-state index contributed by atoms with van der Waals surface area (Å²) in [5, 5.41) is 5.33. The lowest BCUT2D eigenvalue weighted by atomic mass is 10.3. The van der Waals surface area contributed by atoms with E-state index in [1.54, 1.807) is 11.3 Å². The molecule has 0 saturated carbocycles. The predicted octanol–water partition coefficient (Wildman–Crippen LogP) is 1.76. The quantitative estimate of drug-likeness (QED) is 0.691. The summed E-state index contributed by atoms with van der Waals surface area (Å²) in [4.78, 5) is 1.32. The molecular weight excluding hydrogens is 158 g/mol. The van der Waals surface area contributed by atoms with Crippen molar-refractivity contribution in [3.8, 4) is 0 Å². The van der Waals surface area contributed by atoms with Crippen molar-refractivity contribution >= 4 is 11.3 Å². The average molecular weight is 169 g/mol. The molecule has 1 aliphatic rings. The molecule has 2 rings (SSSR count). The molecule has 0 radical (unpaired) electrons. The van der Waals surface area contributed by atoms with Crippen molar-refractivity contribution in [2.24, 2.45) is 0 Å². The maximum atomic E-state index is 5.60. The third kappa shape index (κ3) is 1.45. The number of hydrogen-bond acceptors (Lipinski definition) is 3. The number of thiophene rings is 1. The highest BCUT2D eigenvalue weighted by Crippen LogP contribution is 2.25. The summed E-state index contributed by atoms with van der Waals surface area (Å²) in [5.41, 5.74) is 0. The summed E-state index contributed by atoms with van der Waals surface area (Å²) in [6.07, 6.45) is 0.493. The van der Waals surface area contributed by atoms with Crippen LogP contribution in [0.5, 0.6) is 0 Å². The summed E-state index contributed by atoms with van der Waals surface area (Å²) in [6.45, 7) is 2.98. The SMILES string of the molecule is CC1NCC(c2cccs2)O1. The Labute approximate surface area is 70.2 Å². The highest BCUT2D eigenvalue weighted by atomic mass is 32.1. The Morgan fingerprint density at radius 3 is 3.18 bits per heavy atom. The van der Waals surface area contributed by atoms with E-state index in [-0.39, 0.29) is 12.3 Å². The van der Waals surface area contributed by atoms with E-state index in [9.17, 15) is 0 Å². The van der Waals surface area contributed by atoms with Gasteiger partial charge in [-0.2, -0.15) is 0 Å². The highest BCUT2D eigenvalue weighted by molar-refractivity contribution is 7.10. The minimum Gasteiger partial charge on any atom is -0.354 e. The van der Waals surface area contributed by atoms with Gasteiger partial charge in [-0.3, -0.25) is 5.32 Å². The van der Waals surface area contributed by atoms with Gasteiger partial charge in [-0.1, -0.05) is 6.07 Å². The van der Waals surface area contributed by atoms with Gasteiger partial charge in [-0.15, -0.1) is 11.3 Å². The Bertz CT molecular complexity index is 222. The Morgan fingerprint density at radius 2 is 2.64 bits per heavy atom. The molecule has 0 spiro atoms. The van der Waals surface area contributed by atoms with Crippen molar-refractivity contribution in [2.45, 2.75) is 19.3 Å². The average Bonchev–Trinajstić information content (AvgIpc) is 2.55. The Balaban J connectivity index is 2.08. The number of nitrogens with one attached hydrogen (secondary N) is 1. The smallest absolute Gasteiger partial charge is 0.106 e. The van der Waals surface area contributed by atoms with E-state index in [0.717, 1.165) is 6.54 Å². The highest BCUT2D eigenvalue weighted by Gasteiger charge is 2.22. The minimum absolute atomic E-state index is 0.210. The van der Waals surface area contributed by atoms with Crippen LogP contribution in [-0.2, 0) is 4.74 Å². The van der Waals surface area contributed by atoms with E-state index in [1.807, 2.05) is 6.92 Å². The topological polar surface area (TPSA) is 21.3 Å². The molecule has 1 aromatic rings. The molecular formula is C8H11NOS. The molecule has 1 aliphatic heterocycles. The molecule has 1 aromatic heterocycles. The lowest BCUT2D eigenvalue weighted by Crippen LogP contribution is -2.17. The third-order valence-electron chi connectivity index (χ3n) is 1.82. The Kier molecular flexibility index (Phi) is 1.94. The fraction of sp³-hybridized carbons (Fsp3) is 0.500. The van der Waals surface area contributed by atoms with Crippen LogP contribution in [0.3, 0.4) is 0 Å². The summed E-state index contributed by atoms with van der Waals surface area (Å²) in [6, 6.07) is 4.18. The van der Waals surface area contributed by atoms with E-state index < -0.39 is 0 Å². The molecule has 1 saturated heterocycles.